The van der Waals surface area contributed by atoms with Crippen LogP contribution in [0.5, 0.6) is 11.5 Å². The molecule has 9 nitrogen and oxygen atoms in total. The highest BCUT2D eigenvalue weighted by Gasteiger charge is 2.23. The molecule has 0 saturated heterocycles. The van der Waals surface area contributed by atoms with E-state index in [1.54, 1.807) is 37.0 Å². The van der Waals surface area contributed by atoms with Gasteiger partial charge in [0.2, 0.25) is 0 Å². The van der Waals surface area contributed by atoms with E-state index in [1.165, 1.54) is 13.3 Å². The van der Waals surface area contributed by atoms with Crippen molar-refractivity contribution in [1.29, 1.82) is 0 Å². The van der Waals surface area contributed by atoms with E-state index in [9.17, 15) is 4.79 Å². The molecule has 0 aliphatic rings. The summed E-state index contributed by atoms with van der Waals surface area (Å²) in [5.41, 5.74) is 0.277. The van der Waals surface area contributed by atoms with Crippen LogP contribution in [-0.4, -0.2) is 43.0 Å². The van der Waals surface area contributed by atoms with Gasteiger partial charge in [0, 0.05) is 46.9 Å². The third-order valence-electron chi connectivity index (χ3n) is 5.47. The molecule has 0 atom stereocenters. The first-order valence-electron chi connectivity index (χ1n) is 12.7. The van der Waals surface area contributed by atoms with Gasteiger partial charge in [0.25, 0.3) is 0 Å². The lowest BCUT2D eigenvalue weighted by molar-refractivity contribution is 0.406. The molecule has 0 unspecified atom stereocenters. The smallest absolute Gasteiger partial charge is 0.333 e. The second kappa shape index (κ2) is 7.44. The average molecular weight is 454 g/mol. The predicted molar refractivity (Wildman–Crippen MR) is 122 cm³/mol. The van der Waals surface area contributed by atoms with E-state index < -0.39 is 37.0 Å². The summed E-state index contributed by atoms with van der Waals surface area (Å²) in [6.45, 7) is -1.19. The molecular weight excluding hydrogens is 427 g/mol. The summed E-state index contributed by atoms with van der Waals surface area (Å²) in [4.78, 5) is 21.7. The van der Waals surface area contributed by atoms with Crippen molar-refractivity contribution in [3.05, 3.63) is 58.9 Å². The molecule has 10 heteroatoms. The fourth-order valence-electron chi connectivity index (χ4n) is 4.05. The molecule has 0 aliphatic heterocycles. The van der Waals surface area contributed by atoms with Crippen LogP contribution in [0.4, 0.5) is 4.39 Å². The second-order valence-corrected chi connectivity index (χ2v) is 7.39. The van der Waals surface area contributed by atoms with Crippen LogP contribution in [-0.2, 0) is 14.0 Å². The highest BCUT2D eigenvalue weighted by molar-refractivity contribution is 6.06. The quantitative estimate of drug-likeness (QED) is 0.415. The molecule has 1 aromatic carbocycles. The van der Waals surface area contributed by atoms with Crippen molar-refractivity contribution < 1.29 is 22.1 Å². The zero-order chi connectivity index (χ0) is 28.4. The number of aromatic nitrogens is 6. The lowest BCUT2D eigenvalue weighted by atomic mass is 10.0. The number of ether oxygens (including phenoxy) is 2. The molecule has 4 aromatic heterocycles. The van der Waals surface area contributed by atoms with E-state index in [0.717, 1.165) is 17.0 Å². The Labute approximate surface area is 196 Å². The van der Waals surface area contributed by atoms with E-state index in [2.05, 4.69) is 15.1 Å². The Morgan fingerprint density at radius 2 is 1.97 bits per heavy atom. The van der Waals surface area contributed by atoms with Crippen molar-refractivity contribution >= 4 is 21.9 Å². The Morgan fingerprint density at radius 1 is 1.12 bits per heavy atom. The normalized spacial score (nSPS) is 14.9. The molecule has 0 fully saturated rings. The first-order valence-corrected chi connectivity index (χ1v) is 9.69. The van der Waals surface area contributed by atoms with Gasteiger partial charge >= 0.3 is 5.69 Å². The predicted octanol–water partition coefficient (Wildman–Crippen LogP) is 3.14. The third kappa shape index (κ3) is 2.98. The third-order valence-corrected chi connectivity index (χ3v) is 5.47. The number of methoxy groups -OCH3 is 2. The molecule has 0 bridgehead atoms. The van der Waals surface area contributed by atoms with Gasteiger partial charge in [-0.15, -0.1) is 0 Å². The van der Waals surface area contributed by atoms with Gasteiger partial charge in [-0.05, 0) is 13.0 Å². The summed E-state index contributed by atoms with van der Waals surface area (Å²) < 4.78 is 75.3. The molecule has 0 amide bonds. The monoisotopic (exact) mass is 454 g/mol. The van der Waals surface area contributed by atoms with Crippen molar-refractivity contribution in [3.8, 4) is 28.3 Å². The average Bonchev–Trinajstić information content (AvgIpc) is 3.32. The summed E-state index contributed by atoms with van der Waals surface area (Å²) in [7, 11) is 0.204. The van der Waals surface area contributed by atoms with Gasteiger partial charge in [-0.3, -0.25) is 23.8 Å². The van der Waals surface area contributed by atoms with E-state index >= 15 is 4.39 Å². The fraction of sp³-hybridized carbons (Fsp3) is 0.217. The maximum absolute atomic E-state index is 15.4. The van der Waals surface area contributed by atoms with Crippen LogP contribution in [0.15, 0.2) is 41.7 Å². The van der Waals surface area contributed by atoms with Gasteiger partial charge in [-0.1, -0.05) is 0 Å². The maximum atomic E-state index is 15.4. The van der Waals surface area contributed by atoms with Crippen LogP contribution >= 0.6 is 0 Å². The van der Waals surface area contributed by atoms with Crippen LogP contribution in [0.3, 0.4) is 0 Å². The molecule has 0 saturated carbocycles. The molecular formula is C23H21FN6O3. The van der Waals surface area contributed by atoms with Gasteiger partial charge in [0.1, 0.15) is 11.4 Å². The van der Waals surface area contributed by atoms with Crippen molar-refractivity contribution in [1.82, 2.24) is 28.9 Å². The second-order valence-electron chi connectivity index (χ2n) is 7.39. The Kier molecular flexibility index (Phi) is 3.33. The number of nitrogens with zero attached hydrogens (tertiary/aromatic N) is 6. The largest absolute Gasteiger partial charge is 0.496 e. The molecule has 0 radical (unpaired) electrons. The number of imidazole rings is 1. The summed E-state index contributed by atoms with van der Waals surface area (Å²) in [5.74, 6) is -1.26. The standard InChI is InChI=1S/C23H21FN6O3/c1-12-15(11-28(2)27-12)13-6-14-17(7-19(13)32-4)26-9-18-21(14)30(23(31)29(18)3)22-16(24)8-25-10-20(22)33-5/h6-11H,1-5H3/i3D3,5D3. The maximum Gasteiger partial charge on any atom is 0.333 e. The van der Waals surface area contributed by atoms with Gasteiger partial charge in [0.05, 0.1) is 59.1 Å². The van der Waals surface area contributed by atoms with Crippen molar-refractivity contribution in [2.75, 3.05) is 14.1 Å². The number of hydrogen-bond acceptors (Lipinski definition) is 6. The topological polar surface area (TPSA) is 89.0 Å². The zero-order valence-electron chi connectivity index (χ0n) is 23.8. The Bertz CT molecular complexity index is 1820. The SMILES string of the molecule is [2H]C([2H])([2H])Oc1cncc(F)c1-n1c(=O)n(C([2H])([2H])[2H])c2cnc3cc(OC)c(-c4cn(C)nc4C)cc3c21. The van der Waals surface area contributed by atoms with E-state index in [0.29, 0.717) is 32.7 Å². The van der Waals surface area contributed by atoms with Crippen LogP contribution in [0.1, 0.15) is 13.9 Å². The number of fused-ring (bicyclic) bond motifs is 3. The van der Waals surface area contributed by atoms with Crippen molar-refractivity contribution in [2.45, 2.75) is 6.92 Å². The minimum absolute atomic E-state index is 0.0351. The molecule has 168 valence electrons. The Morgan fingerprint density at radius 3 is 2.67 bits per heavy atom. The summed E-state index contributed by atoms with van der Waals surface area (Å²) >= 11 is 0. The van der Waals surface area contributed by atoms with Gasteiger partial charge < -0.3 is 9.47 Å². The first kappa shape index (κ1) is 14.8. The Balaban J connectivity index is 1.99. The number of halogens is 1. The van der Waals surface area contributed by atoms with Crippen LogP contribution in [0.2, 0.25) is 0 Å². The van der Waals surface area contributed by atoms with E-state index in [4.69, 9.17) is 17.7 Å². The van der Waals surface area contributed by atoms with Crippen molar-refractivity contribution in [2.24, 2.45) is 14.0 Å². The van der Waals surface area contributed by atoms with Crippen LogP contribution in [0.25, 0.3) is 38.8 Å². The van der Waals surface area contributed by atoms with Gasteiger partial charge in [0.15, 0.2) is 11.6 Å². The summed E-state index contributed by atoms with van der Waals surface area (Å²) in [6, 6.07) is 3.23. The highest BCUT2D eigenvalue weighted by atomic mass is 19.1. The molecule has 0 N–H and O–H groups in total. The number of hydrogen-bond donors (Lipinski definition) is 0. The fourth-order valence-corrected chi connectivity index (χ4v) is 4.05. The van der Waals surface area contributed by atoms with Crippen LogP contribution < -0.4 is 15.2 Å². The Hall–Kier alpha value is -4.21. The van der Waals surface area contributed by atoms with E-state index in [1.807, 2.05) is 0 Å². The number of pyridine rings is 2. The summed E-state index contributed by atoms with van der Waals surface area (Å²) in [6.07, 6.45) is 4.65. The first-order chi connectivity index (χ1) is 18.2. The number of aryl methyl sites for hydroxylation is 3. The zero-order valence-corrected chi connectivity index (χ0v) is 17.8. The van der Waals surface area contributed by atoms with E-state index in [-0.39, 0.29) is 16.4 Å². The molecule has 5 rings (SSSR count). The molecule has 33 heavy (non-hydrogen) atoms. The van der Waals surface area contributed by atoms with Gasteiger partial charge in [-0.2, -0.15) is 5.10 Å². The molecule has 0 spiro atoms. The number of rotatable bonds is 4. The molecule has 5 aromatic rings. The van der Waals surface area contributed by atoms with Gasteiger partial charge in [-0.25, -0.2) is 9.18 Å². The minimum atomic E-state index is -3.02. The highest BCUT2D eigenvalue weighted by Crippen LogP contribution is 2.38. The minimum Gasteiger partial charge on any atom is -0.496 e. The lowest BCUT2D eigenvalue weighted by Gasteiger charge is -2.13. The summed E-state index contributed by atoms with van der Waals surface area (Å²) in [5, 5.41) is 4.63. The number of benzene rings is 1. The molecule has 4 heterocycles. The molecule has 0 aliphatic carbocycles. The van der Waals surface area contributed by atoms with Crippen LogP contribution in [0, 0.1) is 12.7 Å². The lowest BCUT2D eigenvalue weighted by Crippen LogP contribution is -2.22. The van der Waals surface area contributed by atoms with Crippen molar-refractivity contribution in [3.63, 3.8) is 0 Å².